The van der Waals surface area contributed by atoms with Gasteiger partial charge in [-0.05, 0) is 18.6 Å². The Hall–Kier alpha value is -2.17. The van der Waals surface area contributed by atoms with Gasteiger partial charge in [-0.25, -0.2) is 9.97 Å². The van der Waals surface area contributed by atoms with E-state index in [4.69, 9.17) is 5.73 Å². The Bertz CT molecular complexity index is 686. The van der Waals surface area contributed by atoms with Crippen LogP contribution in [0.3, 0.4) is 0 Å². The fourth-order valence-electron chi connectivity index (χ4n) is 2.13. The number of pyridine rings is 2. The van der Waals surface area contributed by atoms with Crippen LogP contribution in [0.15, 0.2) is 18.3 Å². The number of H-pyrrole nitrogens is 1. The summed E-state index contributed by atoms with van der Waals surface area (Å²) in [5.74, 6) is 0.435. The molecule has 0 unspecified atom stereocenters. The molecule has 0 amide bonds. The number of nitrogens with one attached hydrogen (secondary N) is 1. The molecule has 3 rings (SSSR count). The molecule has 3 aromatic rings. The minimum absolute atomic E-state index is 0.435. The second-order valence-corrected chi connectivity index (χ2v) is 4.05. The molecule has 0 aliphatic heterocycles. The molecule has 0 radical (unpaired) electrons. The SMILES string of the molecule is CCCc1[nH]nc2c(N)nc3ncccc3c12. The molecule has 3 N–H and O–H groups in total. The number of aromatic amines is 1. The Kier molecular flexibility index (Phi) is 2.18. The lowest BCUT2D eigenvalue weighted by Crippen LogP contribution is -1.94. The highest BCUT2D eigenvalue weighted by Gasteiger charge is 2.13. The summed E-state index contributed by atoms with van der Waals surface area (Å²) in [6, 6.07) is 3.91. The van der Waals surface area contributed by atoms with Crippen molar-refractivity contribution in [3.05, 3.63) is 24.0 Å². The van der Waals surface area contributed by atoms with E-state index in [1.807, 2.05) is 12.1 Å². The number of anilines is 1. The van der Waals surface area contributed by atoms with Gasteiger partial charge in [0.15, 0.2) is 11.5 Å². The number of hydrogen-bond donors (Lipinski definition) is 2. The molecule has 3 heterocycles. The van der Waals surface area contributed by atoms with Gasteiger partial charge in [-0.15, -0.1) is 0 Å². The van der Waals surface area contributed by atoms with Gasteiger partial charge in [0.25, 0.3) is 0 Å². The van der Waals surface area contributed by atoms with E-state index in [0.717, 1.165) is 34.8 Å². The zero-order valence-electron chi connectivity index (χ0n) is 9.57. The third kappa shape index (κ3) is 1.43. The molecule has 3 aromatic heterocycles. The van der Waals surface area contributed by atoms with Gasteiger partial charge >= 0.3 is 0 Å². The lowest BCUT2D eigenvalue weighted by molar-refractivity contribution is 0.874. The van der Waals surface area contributed by atoms with Gasteiger partial charge in [-0.2, -0.15) is 5.10 Å². The minimum Gasteiger partial charge on any atom is -0.382 e. The van der Waals surface area contributed by atoms with Crippen LogP contribution in [0.4, 0.5) is 5.82 Å². The van der Waals surface area contributed by atoms with Crippen molar-refractivity contribution < 1.29 is 0 Å². The Morgan fingerprint density at radius 1 is 1.41 bits per heavy atom. The third-order valence-corrected chi connectivity index (χ3v) is 2.87. The molecule has 0 aliphatic carbocycles. The van der Waals surface area contributed by atoms with Crippen LogP contribution >= 0.6 is 0 Å². The second-order valence-electron chi connectivity index (χ2n) is 4.05. The van der Waals surface area contributed by atoms with Crippen LogP contribution in [0.25, 0.3) is 21.9 Å². The van der Waals surface area contributed by atoms with E-state index in [1.165, 1.54) is 0 Å². The summed E-state index contributed by atoms with van der Waals surface area (Å²) in [7, 11) is 0. The first-order chi connectivity index (χ1) is 8.31. The lowest BCUT2D eigenvalue weighted by atomic mass is 10.1. The summed E-state index contributed by atoms with van der Waals surface area (Å²) >= 11 is 0. The average molecular weight is 227 g/mol. The quantitative estimate of drug-likeness (QED) is 0.702. The monoisotopic (exact) mass is 227 g/mol. The number of hydrogen-bond acceptors (Lipinski definition) is 4. The fraction of sp³-hybridized carbons (Fsp3) is 0.250. The summed E-state index contributed by atoms with van der Waals surface area (Å²) in [6.07, 6.45) is 3.73. The van der Waals surface area contributed by atoms with Crippen molar-refractivity contribution in [2.45, 2.75) is 19.8 Å². The Balaban J connectivity index is 2.47. The van der Waals surface area contributed by atoms with Gasteiger partial charge in [0.2, 0.25) is 0 Å². The first-order valence-corrected chi connectivity index (χ1v) is 5.68. The fourth-order valence-corrected chi connectivity index (χ4v) is 2.13. The molecule has 0 aliphatic rings. The number of nitrogens with zero attached hydrogens (tertiary/aromatic N) is 3. The molecule has 5 heteroatoms. The van der Waals surface area contributed by atoms with E-state index < -0.39 is 0 Å². The number of nitrogen functional groups attached to an aromatic ring is 1. The lowest BCUT2D eigenvalue weighted by Gasteiger charge is -2.02. The average Bonchev–Trinajstić information content (AvgIpc) is 2.75. The van der Waals surface area contributed by atoms with Crippen LogP contribution in [0.5, 0.6) is 0 Å². The van der Waals surface area contributed by atoms with Crippen LogP contribution in [0.1, 0.15) is 19.0 Å². The summed E-state index contributed by atoms with van der Waals surface area (Å²) in [4.78, 5) is 8.50. The number of fused-ring (bicyclic) bond motifs is 3. The van der Waals surface area contributed by atoms with Crippen LogP contribution in [0.2, 0.25) is 0 Å². The van der Waals surface area contributed by atoms with Gasteiger partial charge in [0.05, 0.1) is 0 Å². The highest BCUT2D eigenvalue weighted by Crippen LogP contribution is 2.28. The Labute approximate surface area is 98.1 Å². The zero-order chi connectivity index (χ0) is 11.8. The third-order valence-electron chi connectivity index (χ3n) is 2.87. The van der Waals surface area contributed by atoms with Gasteiger partial charge in [-0.1, -0.05) is 13.3 Å². The number of aryl methyl sites for hydroxylation is 1. The summed E-state index contributed by atoms with van der Waals surface area (Å²) < 4.78 is 0. The Morgan fingerprint density at radius 2 is 2.29 bits per heavy atom. The first-order valence-electron chi connectivity index (χ1n) is 5.68. The maximum absolute atomic E-state index is 5.90. The maximum atomic E-state index is 5.90. The summed E-state index contributed by atoms with van der Waals surface area (Å²) in [5, 5.41) is 9.36. The van der Waals surface area contributed by atoms with Crippen molar-refractivity contribution >= 4 is 27.8 Å². The molecule has 0 aromatic carbocycles. The van der Waals surface area contributed by atoms with E-state index in [2.05, 4.69) is 27.1 Å². The molecule has 86 valence electrons. The minimum atomic E-state index is 0.435. The molecule has 0 spiro atoms. The molecular weight excluding hydrogens is 214 g/mol. The van der Waals surface area contributed by atoms with Gasteiger partial charge in [0.1, 0.15) is 5.52 Å². The highest BCUT2D eigenvalue weighted by molar-refractivity contribution is 6.08. The molecule has 17 heavy (non-hydrogen) atoms. The summed E-state index contributed by atoms with van der Waals surface area (Å²) in [6.45, 7) is 2.14. The molecule has 0 saturated carbocycles. The Morgan fingerprint density at radius 3 is 3.12 bits per heavy atom. The van der Waals surface area contributed by atoms with E-state index in [0.29, 0.717) is 11.5 Å². The van der Waals surface area contributed by atoms with Gasteiger partial charge in [0, 0.05) is 22.7 Å². The second kappa shape index (κ2) is 3.69. The van der Waals surface area contributed by atoms with E-state index in [9.17, 15) is 0 Å². The predicted octanol–water partition coefficient (Wildman–Crippen LogP) is 2.04. The van der Waals surface area contributed by atoms with Crippen molar-refractivity contribution in [2.75, 3.05) is 5.73 Å². The van der Waals surface area contributed by atoms with Crippen molar-refractivity contribution in [1.29, 1.82) is 0 Å². The zero-order valence-corrected chi connectivity index (χ0v) is 9.57. The number of nitrogens with two attached hydrogens (primary N) is 1. The number of aromatic nitrogens is 4. The molecule has 0 fully saturated rings. The van der Waals surface area contributed by atoms with Crippen LogP contribution in [-0.2, 0) is 6.42 Å². The van der Waals surface area contributed by atoms with Crippen molar-refractivity contribution in [1.82, 2.24) is 20.2 Å². The summed E-state index contributed by atoms with van der Waals surface area (Å²) in [5.41, 5.74) is 8.43. The van der Waals surface area contributed by atoms with Crippen molar-refractivity contribution in [3.8, 4) is 0 Å². The van der Waals surface area contributed by atoms with Crippen LogP contribution < -0.4 is 5.73 Å². The topological polar surface area (TPSA) is 80.5 Å². The molecule has 0 bridgehead atoms. The van der Waals surface area contributed by atoms with E-state index in [1.54, 1.807) is 6.20 Å². The van der Waals surface area contributed by atoms with Crippen LogP contribution in [-0.4, -0.2) is 20.2 Å². The smallest absolute Gasteiger partial charge is 0.162 e. The van der Waals surface area contributed by atoms with E-state index >= 15 is 0 Å². The maximum Gasteiger partial charge on any atom is 0.162 e. The van der Waals surface area contributed by atoms with E-state index in [-0.39, 0.29) is 0 Å². The van der Waals surface area contributed by atoms with Crippen molar-refractivity contribution in [2.24, 2.45) is 0 Å². The standard InChI is InChI=1S/C12H13N5/c1-2-4-8-9-7-5-3-6-14-12(7)15-11(13)10(9)17-16-8/h3,5-6H,2,4H2,1H3,(H,16,17)(H2,13,14,15). The number of rotatable bonds is 2. The predicted molar refractivity (Wildman–Crippen MR) is 67.6 cm³/mol. The molecule has 0 atom stereocenters. The van der Waals surface area contributed by atoms with Crippen LogP contribution in [0, 0.1) is 0 Å². The van der Waals surface area contributed by atoms with Gasteiger partial charge < -0.3 is 5.73 Å². The van der Waals surface area contributed by atoms with Gasteiger partial charge in [-0.3, -0.25) is 5.10 Å². The largest absolute Gasteiger partial charge is 0.382 e. The molecule has 0 saturated heterocycles. The first kappa shape index (κ1) is 10.0. The highest BCUT2D eigenvalue weighted by atomic mass is 15.1. The normalized spacial score (nSPS) is 11.4. The van der Waals surface area contributed by atoms with Crippen molar-refractivity contribution in [3.63, 3.8) is 0 Å². The molecule has 5 nitrogen and oxygen atoms in total. The molecular formula is C12H13N5.